The van der Waals surface area contributed by atoms with E-state index in [-0.39, 0.29) is 18.6 Å². The Morgan fingerprint density at radius 3 is 2.80 bits per heavy atom. The minimum Gasteiger partial charge on any atom is -0.493 e. The highest BCUT2D eigenvalue weighted by Gasteiger charge is 2.21. The Morgan fingerprint density at radius 1 is 1.17 bits per heavy atom. The van der Waals surface area contributed by atoms with Gasteiger partial charge in [-0.15, -0.1) is 0 Å². The summed E-state index contributed by atoms with van der Waals surface area (Å²) in [5.74, 6) is 0.338. The lowest BCUT2D eigenvalue weighted by atomic mass is 9.88. The number of methoxy groups -OCH3 is 1. The molecule has 158 valence electrons. The van der Waals surface area contributed by atoms with Crippen LogP contribution in [0.4, 0.5) is 0 Å². The third-order valence-corrected chi connectivity index (χ3v) is 4.95. The number of carbonyl (C=O) groups excluding carboxylic acids is 2. The molecular weight excluding hydrogens is 382 g/mol. The first-order valence-electron chi connectivity index (χ1n) is 10.1. The Labute approximate surface area is 176 Å². The largest absolute Gasteiger partial charge is 0.493 e. The summed E-state index contributed by atoms with van der Waals surface area (Å²) in [5.41, 5.74) is 3.17. The number of nitrogens with one attached hydrogen (secondary N) is 1. The SMILES string of the molecule is CCOc1cc(/C=C/C(=O)OCC(=O)N[C@@H]2CCCc3ccccc32)ccc1OC. The van der Waals surface area contributed by atoms with Crippen molar-refractivity contribution in [3.63, 3.8) is 0 Å². The van der Waals surface area contributed by atoms with E-state index < -0.39 is 5.97 Å². The Kier molecular flexibility index (Phi) is 7.49. The lowest BCUT2D eigenvalue weighted by Crippen LogP contribution is -2.34. The average molecular weight is 409 g/mol. The van der Waals surface area contributed by atoms with E-state index in [1.807, 2.05) is 25.1 Å². The number of aryl methyl sites for hydroxylation is 1. The van der Waals surface area contributed by atoms with Crippen LogP contribution in [0.15, 0.2) is 48.5 Å². The average Bonchev–Trinajstić information content (AvgIpc) is 2.77. The summed E-state index contributed by atoms with van der Waals surface area (Å²) in [4.78, 5) is 24.2. The number of rotatable bonds is 8. The molecule has 0 radical (unpaired) electrons. The van der Waals surface area contributed by atoms with Crippen molar-refractivity contribution in [3.8, 4) is 11.5 Å². The van der Waals surface area contributed by atoms with Crippen molar-refractivity contribution in [2.45, 2.75) is 32.2 Å². The fraction of sp³-hybridized carbons (Fsp3) is 0.333. The van der Waals surface area contributed by atoms with E-state index in [4.69, 9.17) is 14.2 Å². The minimum atomic E-state index is -0.581. The standard InChI is InChI=1S/C24H27NO5/c1-3-29-22-15-17(11-13-21(22)28-2)12-14-24(27)30-16-23(26)25-20-10-6-8-18-7-4-5-9-19(18)20/h4-5,7,9,11-15,20H,3,6,8,10,16H2,1-2H3,(H,25,26)/b14-12+/t20-/m1/s1. The van der Waals surface area contributed by atoms with Gasteiger partial charge in [0.25, 0.3) is 5.91 Å². The van der Waals surface area contributed by atoms with Gasteiger partial charge in [-0.3, -0.25) is 4.79 Å². The molecule has 30 heavy (non-hydrogen) atoms. The number of hydrogen-bond donors (Lipinski definition) is 1. The van der Waals surface area contributed by atoms with Gasteiger partial charge in [-0.1, -0.05) is 30.3 Å². The van der Waals surface area contributed by atoms with Crippen molar-refractivity contribution in [2.24, 2.45) is 0 Å². The van der Waals surface area contributed by atoms with Gasteiger partial charge < -0.3 is 19.5 Å². The number of fused-ring (bicyclic) bond motifs is 1. The molecule has 1 atom stereocenters. The molecule has 1 amide bonds. The summed E-state index contributed by atoms with van der Waals surface area (Å²) in [6, 6.07) is 13.4. The molecule has 0 aromatic heterocycles. The van der Waals surface area contributed by atoms with Crippen molar-refractivity contribution in [2.75, 3.05) is 20.3 Å². The van der Waals surface area contributed by atoms with E-state index in [0.717, 1.165) is 30.4 Å². The molecule has 6 heteroatoms. The molecule has 2 aromatic carbocycles. The van der Waals surface area contributed by atoms with Gasteiger partial charge in [0.1, 0.15) is 0 Å². The topological polar surface area (TPSA) is 73.9 Å². The number of esters is 1. The van der Waals surface area contributed by atoms with Crippen molar-refractivity contribution >= 4 is 18.0 Å². The zero-order chi connectivity index (χ0) is 21.3. The van der Waals surface area contributed by atoms with Crippen LogP contribution in [0.25, 0.3) is 6.08 Å². The van der Waals surface area contributed by atoms with E-state index in [1.165, 1.54) is 11.6 Å². The lowest BCUT2D eigenvalue weighted by Gasteiger charge is -2.26. The van der Waals surface area contributed by atoms with Crippen LogP contribution in [0, 0.1) is 0 Å². The second kappa shape index (κ2) is 10.5. The molecule has 0 heterocycles. The first kappa shape index (κ1) is 21.4. The van der Waals surface area contributed by atoms with Crippen LogP contribution in [0.2, 0.25) is 0 Å². The Bertz CT molecular complexity index is 922. The summed E-state index contributed by atoms with van der Waals surface area (Å²) in [5, 5.41) is 2.97. The monoisotopic (exact) mass is 409 g/mol. The maximum absolute atomic E-state index is 12.2. The summed E-state index contributed by atoms with van der Waals surface area (Å²) >= 11 is 0. The fourth-order valence-corrected chi connectivity index (χ4v) is 3.55. The van der Waals surface area contributed by atoms with Gasteiger partial charge in [0.05, 0.1) is 19.8 Å². The van der Waals surface area contributed by atoms with E-state index in [2.05, 4.69) is 11.4 Å². The first-order valence-corrected chi connectivity index (χ1v) is 10.1. The molecule has 1 aliphatic rings. The third kappa shape index (κ3) is 5.63. The molecule has 6 nitrogen and oxygen atoms in total. The van der Waals surface area contributed by atoms with Gasteiger partial charge in [-0.25, -0.2) is 4.79 Å². The zero-order valence-electron chi connectivity index (χ0n) is 17.4. The lowest BCUT2D eigenvalue weighted by molar-refractivity contribution is -0.144. The highest BCUT2D eigenvalue weighted by Crippen LogP contribution is 2.29. The van der Waals surface area contributed by atoms with Gasteiger partial charge in [-0.05, 0) is 61.1 Å². The van der Waals surface area contributed by atoms with Gasteiger partial charge in [-0.2, -0.15) is 0 Å². The molecule has 1 aliphatic carbocycles. The maximum Gasteiger partial charge on any atom is 0.331 e. The van der Waals surface area contributed by atoms with Crippen molar-refractivity contribution in [1.82, 2.24) is 5.32 Å². The minimum absolute atomic E-state index is 0.0343. The van der Waals surface area contributed by atoms with Crippen LogP contribution in [-0.2, 0) is 20.7 Å². The quantitative estimate of drug-likeness (QED) is 0.530. The summed E-state index contributed by atoms with van der Waals surface area (Å²) in [6.07, 6.45) is 5.84. The molecule has 0 saturated heterocycles. The van der Waals surface area contributed by atoms with Crippen LogP contribution in [-0.4, -0.2) is 32.2 Å². The highest BCUT2D eigenvalue weighted by molar-refractivity contribution is 5.89. The first-order chi connectivity index (χ1) is 14.6. The Balaban J connectivity index is 1.51. The third-order valence-electron chi connectivity index (χ3n) is 4.95. The fourth-order valence-electron chi connectivity index (χ4n) is 3.55. The molecule has 0 spiro atoms. The summed E-state index contributed by atoms with van der Waals surface area (Å²) in [7, 11) is 1.57. The smallest absolute Gasteiger partial charge is 0.331 e. The van der Waals surface area contributed by atoms with Gasteiger partial charge in [0, 0.05) is 6.08 Å². The molecular formula is C24H27NO5. The molecule has 0 aliphatic heterocycles. The van der Waals surface area contributed by atoms with E-state index in [1.54, 1.807) is 31.4 Å². The summed E-state index contributed by atoms with van der Waals surface area (Å²) in [6.45, 7) is 2.08. The highest BCUT2D eigenvalue weighted by atomic mass is 16.5. The molecule has 0 saturated carbocycles. The molecule has 0 bridgehead atoms. The predicted octanol–water partition coefficient (Wildman–Crippen LogP) is 3.84. The van der Waals surface area contributed by atoms with Crippen molar-refractivity contribution in [3.05, 3.63) is 65.2 Å². The predicted molar refractivity (Wildman–Crippen MR) is 114 cm³/mol. The van der Waals surface area contributed by atoms with E-state index in [0.29, 0.717) is 18.1 Å². The number of ether oxygens (including phenoxy) is 3. The molecule has 0 unspecified atom stereocenters. The number of benzene rings is 2. The van der Waals surface area contributed by atoms with Crippen molar-refractivity contribution in [1.29, 1.82) is 0 Å². The van der Waals surface area contributed by atoms with Gasteiger partial charge >= 0.3 is 5.97 Å². The van der Waals surface area contributed by atoms with Crippen molar-refractivity contribution < 1.29 is 23.8 Å². The van der Waals surface area contributed by atoms with E-state index in [9.17, 15) is 9.59 Å². The second-order valence-electron chi connectivity index (χ2n) is 7.00. The van der Waals surface area contributed by atoms with Crippen LogP contribution in [0.1, 0.15) is 42.5 Å². The summed E-state index contributed by atoms with van der Waals surface area (Å²) < 4.78 is 15.8. The van der Waals surface area contributed by atoms with Gasteiger partial charge in [0.2, 0.25) is 0 Å². The number of carbonyl (C=O) groups is 2. The van der Waals surface area contributed by atoms with Gasteiger partial charge in [0.15, 0.2) is 18.1 Å². The Hall–Kier alpha value is -3.28. The number of hydrogen-bond acceptors (Lipinski definition) is 5. The molecule has 3 rings (SSSR count). The zero-order valence-corrected chi connectivity index (χ0v) is 17.4. The normalized spacial score (nSPS) is 15.3. The van der Waals surface area contributed by atoms with Crippen LogP contribution >= 0.6 is 0 Å². The molecule has 1 N–H and O–H groups in total. The van der Waals surface area contributed by atoms with Crippen LogP contribution in [0.3, 0.4) is 0 Å². The second-order valence-corrected chi connectivity index (χ2v) is 7.00. The van der Waals surface area contributed by atoms with Crippen LogP contribution in [0.5, 0.6) is 11.5 Å². The number of amides is 1. The maximum atomic E-state index is 12.2. The van der Waals surface area contributed by atoms with Crippen LogP contribution < -0.4 is 14.8 Å². The van der Waals surface area contributed by atoms with E-state index >= 15 is 0 Å². The Morgan fingerprint density at radius 2 is 2.00 bits per heavy atom. The molecule has 2 aromatic rings. The molecule has 0 fully saturated rings.